The summed E-state index contributed by atoms with van der Waals surface area (Å²) in [5.74, 6) is 1.06. The number of rotatable bonds is 4. The van der Waals surface area contributed by atoms with Crippen LogP contribution in [0, 0.1) is 0 Å². The van der Waals surface area contributed by atoms with E-state index >= 15 is 0 Å². The number of Topliss-reactive ketones (excluding diaryl/α,β-unsaturated/α-hetero) is 1. The smallest absolute Gasteiger partial charge is 0.159 e. The molecule has 1 aromatic rings. The maximum atomic E-state index is 11.3. The van der Waals surface area contributed by atoms with Crippen molar-refractivity contribution < 1.29 is 14.6 Å². The molecule has 0 radical (unpaired) electrons. The summed E-state index contributed by atoms with van der Waals surface area (Å²) in [7, 11) is 0. The van der Waals surface area contributed by atoms with Crippen LogP contribution < -0.4 is 0 Å². The number of ether oxygens (including phenoxy) is 1. The molecule has 3 nitrogen and oxygen atoms in total. The molecule has 18 heavy (non-hydrogen) atoms. The highest BCUT2D eigenvalue weighted by Gasteiger charge is 2.15. The second kappa shape index (κ2) is 6.25. The monoisotopic (exact) mass is 266 g/mol. The summed E-state index contributed by atoms with van der Waals surface area (Å²) < 4.78 is 5.32. The predicted molar refractivity (Wildman–Crippen MR) is 73.2 cm³/mol. The van der Waals surface area contributed by atoms with E-state index < -0.39 is 0 Å². The van der Waals surface area contributed by atoms with Crippen LogP contribution >= 0.6 is 11.8 Å². The van der Waals surface area contributed by atoms with Gasteiger partial charge in [0.05, 0.1) is 0 Å². The van der Waals surface area contributed by atoms with Crippen molar-refractivity contribution in [1.29, 1.82) is 0 Å². The summed E-state index contributed by atoms with van der Waals surface area (Å²) in [6.07, 6.45) is 2.13. The third kappa shape index (κ3) is 3.50. The van der Waals surface area contributed by atoms with Crippen LogP contribution in [0.5, 0.6) is 5.75 Å². The maximum absolute atomic E-state index is 11.3. The van der Waals surface area contributed by atoms with Gasteiger partial charge in [0, 0.05) is 35.3 Å². The van der Waals surface area contributed by atoms with E-state index in [0.717, 1.165) is 37.4 Å². The Balaban J connectivity index is 1.99. The summed E-state index contributed by atoms with van der Waals surface area (Å²) in [5.41, 5.74) is 1.51. The zero-order chi connectivity index (χ0) is 13.0. The van der Waals surface area contributed by atoms with E-state index in [2.05, 4.69) is 0 Å². The fourth-order valence-corrected chi connectivity index (χ4v) is 3.14. The first kappa shape index (κ1) is 13.4. The summed E-state index contributed by atoms with van der Waals surface area (Å²) in [6.45, 7) is 3.20. The molecule has 0 amide bonds. The van der Waals surface area contributed by atoms with E-state index in [0.29, 0.717) is 10.8 Å². The molecule has 0 bridgehead atoms. The fraction of sp³-hybridized carbons (Fsp3) is 0.500. The third-order valence-electron chi connectivity index (χ3n) is 3.13. The first-order chi connectivity index (χ1) is 8.66. The number of thioether (sulfide) groups is 1. The van der Waals surface area contributed by atoms with Crippen molar-refractivity contribution in [3.63, 3.8) is 0 Å². The Morgan fingerprint density at radius 2 is 2.17 bits per heavy atom. The van der Waals surface area contributed by atoms with Crippen molar-refractivity contribution in [1.82, 2.24) is 0 Å². The van der Waals surface area contributed by atoms with Crippen LogP contribution in [-0.2, 0) is 10.5 Å². The van der Waals surface area contributed by atoms with Crippen LogP contribution in [-0.4, -0.2) is 29.4 Å². The van der Waals surface area contributed by atoms with Gasteiger partial charge in [-0.3, -0.25) is 4.79 Å². The SMILES string of the molecule is CC(=O)c1ccc(O)c(CSC2CCOCC2)c1. The van der Waals surface area contributed by atoms with Crippen molar-refractivity contribution in [2.24, 2.45) is 0 Å². The van der Waals surface area contributed by atoms with Crippen molar-refractivity contribution >= 4 is 17.5 Å². The zero-order valence-electron chi connectivity index (χ0n) is 10.5. The van der Waals surface area contributed by atoms with Gasteiger partial charge in [-0.1, -0.05) is 0 Å². The lowest BCUT2D eigenvalue weighted by atomic mass is 10.1. The number of benzene rings is 1. The number of carbonyl (C=O) groups excluding carboxylic acids is 1. The van der Waals surface area contributed by atoms with Gasteiger partial charge in [0.15, 0.2) is 5.78 Å². The quantitative estimate of drug-likeness (QED) is 0.851. The largest absolute Gasteiger partial charge is 0.508 e. The lowest BCUT2D eigenvalue weighted by molar-refractivity contribution is 0.1000. The molecular weight excluding hydrogens is 248 g/mol. The predicted octanol–water partition coefficient (Wildman–Crippen LogP) is 3.01. The Kier molecular flexibility index (Phi) is 4.66. The number of ketones is 1. The van der Waals surface area contributed by atoms with E-state index in [1.807, 2.05) is 11.8 Å². The summed E-state index contributed by atoms with van der Waals surface area (Å²) >= 11 is 1.83. The molecule has 1 aliphatic heterocycles. The average molecular weight is 266 g/mol. The van der Waals surface area contributed by atoms with Crippen LogP contribution in [0.1, 0.15) is 35.7 Å². The maximum Gasteiger partial charge on any atom is 0.159 e. The standard InChI is InChI=1S/C14H18O3S/c1-10(15)11-2-3-14(16)12(8-11)9-18-13-4-6-17-7-5-13/h2-3,8,13,16H,4-7,9H2,1H3. The summed E-state index contributed by atoms with van der Waals surface area (Å²) in [4.78, 5) is 11.3. The normalized spacial score (nSPS) is 16.7. The lowest BCUT2D eigenvalue weighted by Gasteiger charge is -2.21. The molecule has 98 valence electrons. The molecule has 1 heterocycles. The summed E-state index contributed by atoms with van der Waals surface area (Å²) in [5, 5.41) is 10.4. The Morgan fingerprint density at radius 3 is 2.83 bits per heavy atom. The molecule has 2 rings (SSSR count). The van der Waals surface area contributed by atoms with Crippen LogP contribution in [0.4, 0.5) is 0 Å². The molecule has 0 saturated carbocycles. The molecule has 1 fully saturated rings. The Hall–Kier alpha value is -1.00. The van der Waals surface area contributed by atoms with Gasteiger partial charge in [0.1, 0.15) is 5.75 Å². The van der Waals surface area contributed by atoms with E-state index in [1.54, 1.807) is 25.1 Å². The number of phenolic OH excluding ortho intramolecular Hbond substituents is 1. The van der Waals surface area contributed by atoms with E-state index in [9.17, 15) is 9.90 Å². The highest BCUT2D eigenvalue weighted by atomic mass is 32.2. The van der Waals surface area contributed by atoms with E-state index in [4.69, 9.17) is 4.74 Å². The van der Waals surface area contributed by atoms with Crippen LogP contribution in [0.25, 0.3) is 0 Å². The van der Waals surface area contributed by atoms with Gasteiger partial charge in [0.2, 0.25) is 0 Å². The molecule has 1 N–H and O–H groups in total. The molecule has 1 aromatic carbocycles. The first-order valence-corrected chi connectivity index (χ1v) is 7.24. The van der Waals surface area contributed by atoms with Crippen LogP contribution in [0.15, 0.2) is 18.2 Å². The van der Waals surface area contributed by atoms with Gasteiger partial charge in [-0.25, -0.2) is 0 Å². The molecular formula is C14H18O3S. The van der Waals surface area contributed by atoms with Gasteiger partial charge < -0.3 is 9.84 Å². The average Bonchev–Trinajstić information content (AvgIpc) is 2.38. The number of carbonyl (C=O) groups is 1. The van der Waals surface area contributed by atoms with Crippen LogP contribution in [0.3, 0.4) is 0 Å². The highest BCUT2D eigenvalue weighted by molar-refractivity contribution is 7.99. The van der Waals surface area contributed by atoms with Crippen molar-refractivity contribution in [2.75, 3.05) is 13.2 Å². The fourth-order valence-electron chi connectivity index (χ4n) is 1.97. The molecule has 4 heteroatoms. The van der Waals surface area contributed by atoms with Crippen molar-refractivity contribution in [2.45, 2.75) is 30.8 Å². The summed E-state index contributed by atoms with van der Waals surface area (Å²) in [6, 6.07) is 5.07. The van der Waals surface area contributed by atoms with Gasteiger partial charge in [0.25, 0.3) is 0 Å². The molecule has 1 saturated heterocycles. The minimum Gasteiger partial charge on any atom is -0.508 e. The number of hydrogen-bond donors (Lipinski definition) is 1. The minimum atomic E-state index is 0.0346. The number of aromatic hydroxyl groups is 1. The van der Waals surface area contributed by atoms with Gasteiger partial charge in [-0.05, 0) is 38.0 Å². The van der Waals surface area contributed by atoms with Gasteiger partial charge in [-0.15, -0.1) is 0 Å². The second-order valence-corrected chi connectivity index (χ2v) is 5.81. The third-order valence-corrected chi connectivity index (χ3v) is 4.55. The van der Waals surface area contributed by atoms with E-state index in [1.165, 1.54) is 0 Å². The molecule has 0 unspecified atom stereocenters. The van der Waals surface area contributed by atoms with Gasteiger partial charge in [-0.2, -0.15) is 11.8 Å². The first-order valence-electron chi connectivity index (χ1n) is 6.19. The minimum absolute atomic E-state index is 0.0346. The topological polar surface area (TPSA) is 46.5 Å². The Morgan fingerprint density at radius 1 is 1.44 bits per heavy atom. The van der Waals surface area contributed by atoms with E-state index in [-0.39, 0.29) is 11.5 Å². The Labute approximate surface area is 112 Å². The lowest BCUT2D eigenvalue weighted by Crippen LogP contribution is -2.17. The number of hydrogen-bond acceptors (Lipinski definition) is 4. The van der Waals surface area contributed by atoms with Gasteiger partial charge >= 0.3 is 0 Å². The second-order valence-electron chi connectivity index (χ2n) is 4.52. The molecule has 0 aromatic heterocycles. The van der Waals surface area contributed by atoms with Crippen molar-refractivity contribution in [3.05, 3.63) is 29.3 Å². The Bertz CT molecular complexity index is 425. The van der Waals surface area contributed by atoms with Crippen LogP contribution in [0.2, 0.25) is 0 Å². The molecule has 0 spiro atoms. The molecule has 0 atom stereocenters. The molecule has 1 aliphatic rings. The highest BCUT2D eigenvalue weighted by Crippen LogP contribution is 2.29. The number of phenols is 1. The molecule has 0 aliphatic carbocycles. The zero-order valence-corrected chi connectivity index (χ0v) is 11.3. The van der Waals surface area contributed by atoms with Crippen molar-refractivity contribution in [3.8, 4) is 5.75 Å².